The molecule has 1 aromatic carbocycles. The number of nitrogens with two attached hydrogens (primary N) is 1. The number of nitrogens with one attached hydrogen (secondary N) is 1. The van der Waals surface area contributed by atoms with Crippen LogP contribution >= 0.6 is 0 Å². The van der Waals surface area contributed by atoms with Gasteiger partial charge in [0.2, 0.25) is 0 Å². The van der Waals surface area contributed by atoms with Gasteiger partial charge in [-0.15, -0.1) is 0 Å². The van der Waals surface area contributed by atoms with E-state index < -0.39 is 0 Å². The highest BCUT2D eigenvalue weighted by Crippen LogP contribution is 2.27. The summed E-state index contributed by atoms with van der Waals surface area (Å²) in [6, 6.07) is 9.53. The van der Waals surface area contributed by atoms with Gasteiger partial charge in [0.25, 0.3) is 0 Å². The van der Waals surface area contributed by atoms with E-state index in [9.17, 15) is 0 Å². The normalized spacial score (nSPS) is 10.7. The van der Waals surface area contributed by atoms with E-state index in [1.54, 1.807) is 10.9 Å². The molecule has 0 fully saturated rings. The predicted molar refractivity (Wildman–Crippen MR) is 72.6 cm³/mol. The molecule has 0 unspecified atom stereocenters. The first kappa shape index (κ1) is 10.6. The maximum atomic E-state index is 5.94. The van der Waals surface area contributed by atoms with E-state index in [4.69, 9.17) is 5.73 Å². The van der Waals surface area contributed by atoms with Gasteiger partial charge >= 0.3 is 0 Å². The number of nitrogen functional groups attached to an aromatic ring is 1. The molecule has 0 aliphatic heterocycles. The Balaban J connectivity index is 2.09. The van der Waals surface area contributed by atoms with E-state index in [1.165, 1.54) is 0 Å². The molecule has 3 aromatic rings. The molecule has 0 amide bonds. The van der Waals surface area contributed by atoms with Crippen molar-refractivity contribution >= 4 is 28.1 Å². The monoisotopic (exact) mass is 239 g/mol. The molecule has 0 saturated heterocycles. The van der Waals surface area contributed by atoms with Crippen molar-refractivity contribution in [1.82, 2.24) is 14.8 Å². The zero-order valence-electron chi connectivity index (χ0n) is 9.96. The fraction of sp³-hybridized carbons (Fsp3) is 0.0769. The highest BCUT2D eigenvalue weighted by atomic mass is 15.3. The van der Waals surface area contributed by atoms with Crippen LogP contribution in [0.15, 0.2) is 42.7 Å². The average Bonchev–Trinajstić information content (AvgIpc) is 2.79. The Labute approximate surface area is 104 Å². The van der Waals surface area contributed by atoms with Crippen LogP contribution in [0.25, 0.3) is 10.9 Å². The first-order valence-corrected chi connectivity index (χ1v) is 5.64. The first-order chi connectivity index (χ1) is 8.74. The van der Waals surface area contributed by atoms with Gasteiger partial charge in [-0.3, -0.25) is 9.67 Å². The highest BCUT2D eigenvalue weighted by molar-refractivity contribution is 5.99. The average molecular weight is 239 g/mol. The smallest absolute Gasteiger partial charge is 0.152 e. The molecule has 0 radical (unpaired) electrons. The van der Waals surface area contributed by atoms with Crippen LogP contribution in [0.2, 0.25) is 0 Å². The SMILES string of the molecule is Cn1ccc(Nc2ccc(N)c3cccnc23)n1. The summed E-state index contributed by atoms with van der Waals surface area (Å²) < 4.78 is 1.75. The molecule has 5 nitrogen and oxygen atoms in total. The number of anilines is 3. The molecule has 0 atom stereocenters. The summed E-state index contributed by atoms with van der Waals surface area (Å²) in [6.45, 7) is 0. The highest BCUT2D eigenvalue weighted by Gasteiger charge is 2.06. The predicted octanol–water partition coefficient (Wildman–Crippen LogP) is 2.29. The van der Waals surface area contributed by atoms with E-state index in [0.717, 1.165) is 28.1 Å². The third kappa shape index (κ3) is 1.75. The van der Waals surface area contributed by atoms with Crippen molar-refractivity contribution in [2.75, 3.05) is 11.1 Å². The number of pyridine rings is 1. The molecule has 5 heteroatoms. The van der Waals surface area contributed by atoms with Crippen LogP contribution in [0.5, 0.6) is 0 Å². The number of aromatic nitrogens is 3. The maximum absolute atomic E-state index is 5.94. The summed E-state index contributed by atoms with van der Waals surface area (Å²) in [4.78, 5) is 4.37. The van der Waals surface area contributed by atoms with Crippen LogP contribution in [0.1, 0.15) is 0 Å². The second-order valence-electron chi connectivity index (χ2n) is 4.10. The second-order valence-corrected chi connectivity index (χ2v) is 4.10. The molecule has 0 spiro atoms. The number of benzene rings is 1. The number of aryl methyl sites for hydroxylation is 1. The Bertz CT molecular complexity index is 701. The van der Waals surface area contributed by atoms with Gasteiger partial charge in [0.1, 0.15) is 0 Å². The van der Waals surface area contributed by atoms with Crippen LogP contribution in [0, 0.1) is 0 Å². The molecule has 0 bridgehead atoms. The minimum Gasteiger partial charge on any atom is -0.398 e. The Morgan fingerprint density at radius 1 is 1.22 bits per heavy atom. The van der Waals surface area contributed by atoms with Crippen molar-refractivity contribution in [3.8, 4) is 0 Å². The number of rotatable bonds is 2. The van der Waals surface area contributed by atoms with Crippen LogP contribution in [-0.2, 0) is 7.05 Å². The van der Waals surface area contributed by atoms with E-state index >= 15 is 0 Å². The van der Waals surface area contributed by atoms with Gasteiger partial charge in [0.15, 0.2) is 5.82 Å². The van der Waals surface area contributed by atoms with Crippen LogP contribution in [-0.4, -0.2) is 14.8 Å². The standard InChI is InChI=1S/C13H13N5/c1-18-8-6-12(17-18)16-11-5-4-10(14)9-3-2-7-15-13(9)11/h2-8H,14H2,1H3,(H,16,17). The third-order valence-corrected chi connectivity index (χ3v) is 2.78. The molecule has 2 aromatic heterocycles. The Morgan fingerprint density at radius 2 is 2.11 bits per heavy atom. The zero-order valence-corrected chi connectivity index (χ0v) is 9.96. The molecule has 2 heterocycles. The largest absolute Gasteiger partial charge is 0.398 e. The molecule has 0 aliphatic carbocycles. The van der Waals surface area contributed by atoms with E-state index in [0.29, 0.717) is 0 Å². The van der Waals surface area contributed by atoms with Crippen molar-refractivity contribution in [3.63, 3.8) is 0 Å². The van der Waals surface area contributed by atoms with Gasteiger partial charge in [-0.25, -0.2) is 0 Å². The summed E-state index contributed by atoms with van der Waals surface area (Å²) in [7, 11) is 1.88. The van der Waals surface area contributed by atoms with Crippen LogP contribution < -0.4 is 11.1 Å². The summed E-state index contributed by atoms with van der Waals surface area (Å²) in [5.74, 6) is 0.786. The minimum absolute atomic E-state index is 0.727. The number of hydrogen-bond donors (Lipinski definition) is 2. The summed E-state index contributed by atoms with van der Waals surface area (Å²) in [5.41, 5.74) is 8.41. The maximum Gasteiger partial charge on any atom is 0.152 e. The molecule has 0 saturated carbocycles. The lowest BCUT2D eigenvalue weighted by molar-refractivity contribution is 0.771. The molecule has 18 heavy (non-hydrogen) atoms. The van der Waals surface area contributed by atoms with Crippen molar-refractivity contribution < 1.29 is 0 Å². The number of fused-ring (bicyclic) bond motifs is 1. The van der Waals surface area contributed by atoms with Crippen molar-refractivity contribution in [1.29, 1.82) is 0 Å². The van der Waals surface area contributed by atoms with Crippen molar-refractivity contribution in [3.05, 3.63) is 42.7 Å². The quantitative estimate of drug-likeness (QED) is 0.673. The third-order valence-electron chi connectivity index (χ3n) is 2.78. The van der Waals surface area contributed by atoms with E-state index in [1.807, 2.05) is 43.6 Å². The Kier molecular flexibility index (Phi) is 2.37. The molecule has 90 valence electrons. The molecule has 3 rings (SSSR count). The summed E-state index contributed by atoms with van der Waals surface area (Å²) >= 11 is 0. The fourth-order valence-corrected chi connectivity index (χ4v) is 1.92. The second kappa shape index (κ2) is 4.03. The Hall–Kier alpha value is -2.56. The van der Waals surface area contributed by atoms with Gasteiger partial charge in [0, 0.05) is 36.6 Å². The zero-order chi connectivity index (χ0) is 12.5. The van der Waals surface area contributed by atoms with Gasteiger partial charge in [-0.05, 0) is 24.3 Å². The van der Waals surface area contributed by atoms with Gasteiger partial charge in [0.05, 0.1) is 11.2 Å². The van der Waals surface area contributed by atoms with Crippen molar-refractivity contribution in [2.45, 2.75) is 0 Å². The lowest BCUT2D eigenvalue weighted by Crippen LogP contribution is -1.97. The van der Waals surface area contributed by atoms with Crippen LogP contribution in [0.4, 0.5) is 17.2 Å². The summed E-state index contributed by atoms with van der Waals surface area (Å²) in [6.07, 6.45) is 3.64. The number of nitrogens with zero attached hydrogens (tertiary/aromatic N) is 3. The minimum atomic E-state index is 0.727. The Morgan fingerprint density at radius 3 is 2.89 bits per heavy atom. The molecule has 3 N–H and O–H groups in total. The fourth-order valence-electron chi connectivity index (χ4n) is 1.92. The van der Waals surface area contributed by atoms with Crippen LogP contribution in [0.3, 0.4) is 0 Å². The van der Waals surface area contributed by atoms with E-state index in [2.05, 4.69) is 15.4 Å². The van der Waals surface area contributed by atoms with Gasteiger partial charge in [-0.2, -0.15) is 5.10 Å². The van der Waals surface area contributed by atoms with E-state index in [-0.39, 0.29) is 0 Å². The molecular weight excluding hydrogens is 226 g/mol. The lowest BCUT2D eigenvalue weighted by atomic mass is 10.1. The van der Waals surface area contributed by atoms with Crippen molar-refractivity contribution in [2.24, 2.45) is 7.05 Å². The topological polar surface area (TPSA) is 68.8 Å². The molecular formula is C13H13N5. The van der Waals surface area contributed by atoms with Gasteiger partial charge < -0.3 is 11.1 Å². The summed E-state index contributed by atoms with van der Waals surface area (Å²) in [5, 5.41) is 8.47. The first-order valence-electron chi connectivity index (χ1n) is 5.64. The number of hydrogen-bond acceptors (Lipinski definition) is 4. The molecule has 0 aliphatic rings. The van der Waals surface area contributed by atoms with Gasteiger partial charge in [-0.1, -0.05) is 0 Å². The lowest BCUT2D eigenvalue weighted by Gasteiger charge is -2.08.